The Morgan fingerprint density at radius 3 is 2.12 bits per heavy atom. The van der Waals surface area contributed by atoms with Crippen LogP contribution in [0, 0.1) is 0 Å². The van der Waals surface area contributed by atoms with Crippen LogP contribution in [0.3, 0.4) is 0 Å². The van der Waals surface area contributed by atoms with Crippen molar-refractivity contribution in [2.45, 2.75) is 12.8 Å². The lowest BCUT2D eigenvalue weighted by atomic mass is 10.3. The van der Waals surface area contributed by atoms with Crippen molar-refractivity contribution in [1.82, 2.24) is 0 Å². The highest BCUT2D eigenvalue weighted by molar-refractivity contribution is 14.1. The van der Waals surface area contributed by atoms with E-state index in [1.807, 2.05) is 31.3 Å². The zero-order valence-corrected chi connectivity index (χ0v) is 16.3. The molecule has 0 amide bonds. The van der Waals surface area contributed by atoms with E-state index in [1.165, 1.54) is 0 Å². The molecule has 1 rings (SSSR count). The fraction of sp³-hybridized carbons (Fsp3) is 0.588. The van der Waals surface area contributed by atoms with Crippen LogP contribution in [0.1, 0.15) is 12.8 Å². The van der Waals surface area contributed by atoms with Crippen LogP contribution >= 0.6 is 22.6 Å². The first-order valence-electron chi connectivity index (χ1n) is 8.04. The molecule has 0 aromatic heterocycles. The van der Waals surface area contributed by atoms with Gasteiger partial charge in [-0.1, -0.05) is 0 Å². The average molecular weight is 451 g/mol. The van der Waals surface area contributed by atoms with E-state index in [2.05, 4.69) is 5.32 Å². The van der Waals surface area contributed by atoms with Gasteiger partial charge in [-0.25, -0.2) is 0 Å². The highest BCUT2D eigenvalue weighted by Crippen LogP contribution is 2.15. The van der Waals surface area contributed by atoms with E-state index in [-0.39, 0.29) is 10.4 Å². The summed E-state index contributed by atoms with van der Waals surface area (Å²) in [4.78, 5) is 10.6. The lowest BCUT2D eigenvalue weighted by molar-refractivity contribution is -0.114. The summed E-state index contributed by atoms with van der Waals surface area (Å²) in [6.07, 6.45) is 1.91. The Kier molecular flexibility index (Phi) is 12.7. The van der Waals surface area contributed by atoms with Gasteiger partial charge in [-0.3, -0.25) is 4.79 Å². The summed E-state index contributed by atoms with van der Waals surface area (Å²) in [6, 6.07) is 7.89. The number of hydrogen-bond acceptors (Lipinski definition) is 6. The van der Waals surface area contributed by atoms with Crippen LogP contribution in [-0.4, -0.2) is 57.1 Å². The molecule has 0 bridgehead atoms. The largest absolute Gasteiger partial charge is 0.494 e. The van der Waals surface area contributed by atoms with E-state index in [0.29, 0.717) is 39.6 Å². The topological polar surface area (TPSA) is 66.0 Å². The third-order valence-electron chi connectivity index (χ3n) is 3.05. The molecule has 1 N–H and O–H groups in total. The molecule has 0 aliphatic heterocycles. The Labute approximate surface area is 157 Å². The predicted molar refractivity (Wildman–Crippen MR) is 102 cm³/mol. The number of unbranched alkanes of at least 4 members (excludes halogenated alkanes) is 1. The van der Waals surface area contributed by atoms with Crippen LogP contribution in [0.4, 0.5) is 5.69 Å². The molecule has 0 spiro atoms. The molecule has 7 heteroatoms. The van der Waals surface area contributed by atoms with Crippen molar-refractivity contribution in [1.29, 1.82) is 0 Å². The summed E-state index contributed by atoms with van der Waals surface area (Å²) < 4.78 is 21.5. The SMILES string of the molecule is CNc1ccc(OCCCCOCCOCCOCC(=O)I)cc1. The quantitative estimate of drug-likeness (QED) is 0.251. The van der Waals surface area contributed by atoms with E-state index in [0.717, 1.165) is 24.3 Å². The highest BCUT2D eigenvalue weighted by atomic mass is 127. The van der Waals surface area contributed by atoms with E-state index < -0.39 is 0 Å². The molecule has 1 aromatic carbocycles. The Hall–Kier alpha value is -0.900. The third kappa shape index (κ3) is 11.6. The minimum Gasteiger partial charge on any atom is -0.494 e. The van der Waals surface area contributed by atoms with Gasteiger partial charge in [0.15, 0.2) is 0 Å². The number of ether oxygens (including phenoxy) is 4. The molecular formula is C17H26INO5. The van der Waals surface area contributed by atoms with Crippen LogP contribution in [-0.2, 0) is 19.0 Å². The van der Waals surface area contributed by atoms with Gasteiger partial charge in [0.1, 0.15) is 12.4 Å². The zero-order chi connectivity index (χ0) is 17.5. The molecule has 0 heterocycles. The molecule has 0 saturated carbocycles. The van der Waals surface area contributed by atoms with E-state index in [9.17, 15) is 4.79 Å². The number of benzene rings is 1. The molecule has 0 radical (unpaired) electrons. The van der Waals surface area contributed by atoms with Crippen LogP contribution in [0.2, 0.25) is 0 Å². The van der Waals surface area contributed by atoms with E-state index in [1.54, 1.807) is 22.6 Å². The second-order valence-electron chi connectivity index (χ2n) is 4.96. The first-order chi connectivity index (χ1) is 11.7. The smallest absolute Gasteiger partial charge is 0.217 e. The second kappa shape index (κ2) is 14.4. The first-order valence-corrected chi connectivity index (χ1v) is 9.12. The van der Waals surface area contributed by atoms with Crippen LogP contribution in [0.15, 0.2) is 24.3 Å². The standard InChI is InChI=1S/C17H26INO5/c1-19-15-4-6-16(7-5-15)24-9-3-2-8-21-10-11-22-12-13-23-14-17(18)20/h4-7,19H,2-3,8-14H2,1H3. The molecule has 0 atom stereocenters. The Bertz CT molecular complexity index is 441. The molecule has 1 aromatic rings. The summed E-state index contributed by atoms with van der Waals surface area (Å²) in [5.74, 6) is 0.884. The van der Waals surface area contributed by atoms with Crippen molar-refractivity contribution in [3.8, 4) is 5.75 Å². The van der Waals surface area contributed by atoms with Gasteiger partial charge in [0.2, 0.25) is 3.79 Å². The lowest BCUT2D eigenvalue weighted by Crippen LogP contribution is -2.11. The zero-order valence-electron chi connectivity index (χ0n) is 14.1. The molecule has 24 heavy (non-hydrogen) atoms. The number of nitrogens with one attached hydrogen (secondary N) is 1. The van der Waals surface area contributed by atoms with Crippen molar-refractivity contribution in [3.63, 3.8) is 0 Å². The van der Waals surface area contributed by atoms with Crippen molar-refractivity contribution < 1.29 is 23.7 Å². The average Bonchev–Trinajstić information content (AvgIpc) is 2.59. The number of halogens is 1. The molecular weight excluding hydrogens is 425 g/mol. The molecule has 136 valence electrons. The monoisotopic (exact) mass is 451 g/mol. The van der Waals surface area contributed by atoms with Crippen molar-refractivity contribution >= 4 is 32.1 Å². The van der Waals surface area contributed by atoms with Gasteiger partial charge in [0, 0.05) is 41.9 Å². The maximum absolute atomic E-state index is 10.6. The highest BCUT2D eigenvalue weighted by Gasteiger charge is 1.97. The van der Waals surface area contributed by atoms with Crippen LogP contribution in [0.5, 0.6) is 5.75 Å². The summed E-state index contributed by atoms with van der Waals surface area (Å²) in [7, 11) is 1.89. The Morgan fingerprint density at radius 2 is 1.50 bits per heavy atom. The number of hydrogen-bond donors (Lipinski definition) is 1. The van der Waals surface area contributed by atoms with Crippen LogP contribution < -0.4 is 10.1 Å². The van der Waals surface area contributed by atoms with Crippen molar-refractivity contribution in [2.75, 3.05) is 58.6 Å². The van der Waals surface area contributed by atoms with Crippen molar-refractivity contribution in [3.05, 3.63) is 24.3 Å². The Morgan fingerprint density at radius 1 is 0.917 bits per heavy atom. The first kappa shape index (κ1) is 21.1. The summed E-state index contributed by atoms with van der Waals surface area (Å²) in [6.45, 7) is 3.54. The van der Waals surface area contributed by atoms with Gasteiger partial charge in [0.05, 0.1) is 33.0 Å². The number of anilines is 1. The normalized spacial score (nSPS) is 10.6. The summed E-state index contributed by atoms with van der Waals surface area (Å²) in [5.41, 5.74) is 1.07. The maximum atomic E-state index is 10.6. The molecule has 0 unspecified atom stereocenters. The fourth-order valence-electron chi connectivity index (χ4n) is 1.81. The molecule has 6 nitrogen and oxygen atoms in total. The number of carbonyl (C=O) groups is 1. The predicted octanol–water partition coefficient (Wildman–Crippen LogP) is 2.90. The van der Waals surface area contributed by atoms with Gasteiger partial charge in [-0.2, -0.15) is 0 Å². The molecule has 0 saturated heterocycles. The van der Waals surface area contributed by atoms with Gasteiger partial charge in [0.25, 0.3) is 0 Å². The van der Waals surface area contributed by atoms with Crippen molar-refractivity contribution in [2.24, 2.45) is 0 Å². The van der Waals surface area contributed by atoms with Crippen LogP contribution in [0.25, 0.3) is 0 Å². The summed E-state index contributed by atoms with van der Waals surface area (Å²) in [5, 5.41) is 3.07. The van der Waals surface area contributed by atoms with Gasteiger partial charge < -0.3 is 24.3 Å². The maximum Gasteiger partial charge on any atom is 0.217 e. The minimum absolute atomic E-state index is 0.00473. The van der Waals surface area contributed by atoms with Gasteiger partial charge in [-0.05, 0) is 37.1 Å². The molecule has 0 fully saturated rings. The number of rotatable bonds is 15. The second-order valence-corrected chi connectivity index (χ2v) is 6.17. The third-order valence-corrected chi connectivity index (χ3v) is 3.37. The number of carbonyl (C=O) groups excluding carboxylic acids is 1. The van der Waals surface area contributed by atoms with E-state index >= 15 is 0 Å². The molecule has 0 aliphatic rings. The minimum atomic E-state index is -0.00473. The lowest BCUT2D eigenvalue weighted by Gasteiger charge is -2.08. The molecule has 0 aliphatic carbocycles. The Balaban J connectivity index is 1.82. The van der Waals surface area contributed by atoms with Gasteiger partial charge in [-0.15, -0.1) is 0 Å². The summed E-state index contributed by atoms with van der Waals surface area (Å²) >= 11 is 1.71. The van der Waals surface area contributed by atoms with E-state index in [4.69, 9.17) is 18.9 Å². The fourth-order valence-corrected chi connectivity index (χ4v) is 2.03. The van der Waals surface area contributed by atoms with Gasteiger partial charge >= 0.3 is 0 Å².